The van der Waals surface area contributed by atoms with Gasteiger partial charge in [0.25, 0.3) is 5.91 Å². The first-order chi connectivity index (χ1) is 12.2. The number of amides is 2. The highest BCUT2D eigenvalue weighted by atomic mass is 32.1. The quantitative estimate of drug-likeness (QED) is 0.811. The lowest BCUT2D eigenvalue weighted by atomic mass is 9.76. The second-order valence-electron chi connectivity index (χ2n) is 7.22. The fourth-order valence-corrected chi connectivity index (χ4v) is 4.82. The van der Waals surface area contributed by atoms with Gasteiger partial charge in [-0.25, -0.2) is 4.79 Å². The number of hydrogen-bond donors (Lipinski definition) is 1. The monoisotopic (exact) mass is 378 g/mol. The van der Waals surface area contributed by atoms with Gasteiger partial charge in [-0.3, -0.25) is 14.4 Å². The highest BCUT2D eigenvalue weighted by Gasteiger charge is 2.49. The van der Waals surface area contributed by atoms with Crippen molar-refractivity contribution < 1.29 is 24.3 Å². The van der Waals surface area contributed by atoms with Crippen LogP contribution in [0.2, 0.25) is 0 Å². The van der Waals surface area contributed by atoms with E-state index in [0.29, 0.717) is 48.7 Å². The van der Waals surface area contributed by atoms with Crippen molar-refractivity contribution >= 4 is 34.9 Å². The van der Waals surface area contributed by atoms with Crippen LogP contribution in [0, 0.1) is 5.41 Å². The maximum Gasteiger partial charge on any atom is 0.326 e. The number of hydrogen-bond acceptors (Lipinski definition) is 5. The summed E-state index contributed by atoms with van der Waals surface area (Å²) in [5.41, 5.74) is -0.231. The Bertz CT molecular complexity index is 739. The first kappa shape index (κ1) is 18.6. The average molecular weight is 378 g/mol. The molecule has 1 aromatic rings. The minimum Gasteiger partial charge on any atom is -0.480 e. The summed E-state index contributed by atoms with van der Waals surface area (Å²) in [5.74, 6) is -1.33. The standard InChI is InChI=1S/C18H22N2O5S/c1-11(21)14-3-4-15(26-14)16(23)19-7-5-18(6-8-19)9-13(17(24)25)20(10-18)12(2)22/h3-4,13H,5-10H2,1-2H3,(H,24,25)/t13-/m1/s1. The number of carbonyl (C=O) groups is 4. The second-order valence-corrected chi connectivity index (χ2v) is 8.30. The molecule has 1 aromatic heterocycles. The SMILES string of the molecule is CC(=O)c1ccc(C(=O)N2CCC3(CC2)C[C@H](C(=O)O)N(C(C)=O)C3)s1. The minimum absolute atomic E-state index is 0.0540. The lowest BCUT2D eigenvalue weighted by Crippen LogP contribution is -2.44. The van der Waals surface area contributed by atoms with Crippen molar-refractivity contribution in [2.45, 2.75) is 39.2 Å². The number of nitrogens with zero attached hydrogens (tertiary/aromatic N) is 2. The van der Waals surface area contributed by atoms with E-state index in [2.05, 4.69) is 0 Å². The largest absolute Gasteiger partial charge is 0.480 e. The van der Waals surface area contributed by atoms with Crippen LogP contribution in [0.15, 0.2) is 12.1 Å². The maximum absolute atomic E-state index is 12.7. The molecule has 2 aliphatic heterocycles. The molecule has 0 unspecified atom stereocenters. The molecule has 3 rings (SSSR count). The number of ketones is 1. The summed E-state index contributed by atoms with van der Waals surface area (Å²) >= 11 is 1.20. The second kappa shape index (κ2) is 6.83. The lowest BCUT2D eigenvalue weighted by molar-refractivity contribution is -0.147. The van der Waals surface area contributed by atoms with Crippen molar-refractivity contribution in [2.75, 3.05) is 19.6 Å². The molecule has 140 valence electrons. The highest BCUT2D eigenvalue weighted by molar-refractivity contribution is 7.15. The van der Waals surface area contributed by atoms with Crippen LogP contribution >= 0.6 is 11.3 Å². The van der Waals surface area contributed by atoms with Gasteiger partial charge in [-0.05, 0) is 43.7 Å². The van der Waals surface area contributed by atoms with Gasteiger partial charge in [0, 0.05) is 26.6 Å². The molecule has 26 heavy (non-hydrogen) atoms. The van der Waals surface area contributed by atoms with Gasteiger partial charge >= 0.3 is 5.97 Å². The van der Waals surface area contributed by atoms with Gasteiger partial charge in [-0.15, -0.1) is 11.3 Å². The number of aliphatic carboxylic acids is 1. The fourth-order valence-electron chi connectivity index (χ4n) is 3.95. The molecule has 0 aliphatic carbocycles. The molecule has 1 atom stereocenters. The van der Waals surface area contributed by atoms with Crippen molar-refractivity contribution in [2.24, 2.45) is 5.41 Å². The predicted octanol–water partition coefficient (Wildman–Crippen LogP) is 1.88. The van der Waals surface area contributed by atoms with E-state index in [0.717, 1.165) is 0 Å². The van der Waals surface area contributed by atoms with Crippen LogP contribution in [0.1, 0.15) is 52.5 Å². The molecule has 3 heterocycles. The third kappa shape index (κ3) is 3.38. The van der Waals surface area contributed by atoms with Gasteiger partial charge in [0.15, 0.2) is 5.78 Å². The molecule has 0 bridgehead atoms. The summed E-state index contributed by atoms with van der Waals surface area (Å²) in [6.45, 7) is 4.38. The summed E-state index contributed by atoms with van der Waals surface area (Å²) in [4.78, 5) is 51.6. The van der Waals surface area contributed by atoms with Crippen LogP contribution < -0.4 is 0 Å². The summed E-state index contributed by atoms with van der Waals surface area (Å²) in [6, 6.07) is 2.58. The van der Waals surface area contributed by atoms with Crippen LogP contribution in [0.5, 0.6) is 0 Å². The molecular weight excluding hydrogens is 356 g/mol. The molecule has 7 nitrogen and oxygen atoms in total. The van der Waals surface area contributed by atoms with Crippen molar-refractivity contribution in [1.29, 1.82) is 0 Å². The molecule has 1 spiro atoms. The first-order valence-corrected chi connectivity index (χ1v) is 9.44. The molecule has 8 heteroatoms. The number of thiophene rings is 1. The normalized spacial score (nSPS) is 21.8. The van der Waals surface area contributed by atoms with Crippen molar-refractivity contribution in [1.82, 2.24) is 9.80 Å². The topological polar surface area (TPSA) is 95.0 Å². The molecule has 1 N–H and O–H groups in total. The summed E-state index contributed by atoms with van der Waals surface area (Å²) < 4.78 is 0. The minimum atomic E-state index is -0.967. The Kier molecular flexibility index (Phi) is 4.88. The average Bonchev–Trinajstić information content (AvgIpc) is 3.21. The van der Waals surface area contributed by atoms with Crippen LogP contribution in [0.3, 0.4) is 0 Å². The zero-order valence-corrected chi connectivity index (χ0v) is 15.7. The van der Waals surface area contributed by atoms with Gasteiger partial charge in [0.2, 0.25) is 5.91 Å². The molecule has 0 radical (unpaired) electrons. The number of carboxylic acid groups (broad SMARTS) is 1. The van der Waals surface area contributed by atoms with Gasteiger partial charge in [0.1, 0.15) is 6.04 Å². The van der Waals surface area contributed by atoms with Gasteiger partial charge < -0.3 is 14.9 Å². The van der Waals surface area contributed by atoms with Crippen molar-refractivity contribution in [3.05, 3.63) is 21.9 Å². The molecule has 2 aliphatic rings. The Labute approximate surface area is 155 Å². The van der Waals surface area contributed by atoms with Gasteiger partial charge in [-0.1, -0.05) is 0 Å². The van der Waals surface area contributed by atoms with Gasteiger partial charge in [0.05, 0.1) is 9.75 Å². The Morgan fingerprint density at radius 2 is 1.73 bits per heavy atom. The molecular formula is C18H22N2O5S. The zero-order valence-electron chi connectivity index (χ0n) is 14.9. The van der Waals surface area contributed by atoms with Gasteiger partial charge in [-0.2, -0.15) is 0 Å². The molecule has 0 saturated carbocycles. The Balaban J connectivity index is 1.67. The van der Waals surface area contributed by atoms with Crippen molar-refractivity contribution in [3.8, 4) is 0 Å². The highest BCUT2D eigenvalue weighted by Crippen LogP contribution is 2.43. The van der Waals surface area contributed by atoms with Crippen molar-refractivity contribution in [3.63, 3.8) is 0 Å². The first-order valence-electron chi connectivity index (χ1n) is 8.62. The molecule has 0 aromatic carbocycles. The van der Waals surface area contributed by atoms with Crippen LogP contribution in [0.4, 0.5) is 0 Å². The van der Waals surface area contributed by atoms with E-state index in [-0.39, 0.29) is 23.0 Å². The van der Waals surface area contributed by atoms with E-state index in [4.69, 9.17) is 0 Å². The Morgan fingerprint density at radius 1 is 1.12 bits per heavy atom. The number of likely N-dealkylation sites (tertiary alicyclic amines) is 2. The summed E-state index contributed by atoms with van der Waals surface area (Å²) in [7, 11) is 0. The van der Waals surface area contributed by atoms with E-state index in [1.807, 2.05) is 0 Å². The zero-order chi connectivity index (χ0) is 19.1. The number of rotatable bonds is 3. The summed E-state index contributed by atoms with van der Waals surface area (Å²) in [5, 5.41) is 9.40. The van der Waals surface area contributed by atoms with Crippen LogP contribution in [0.25, 0.3) is 0 Å². The Morgan fingerprint density at radius 3 is 2.19 bits per heavy atom. The van der Waals surface area contributed by atoms with E-state index >= 15 is 0 Å². The fraction of sp³-hybridized carbons (Fsp3) is 0.556. The Hall–Kier alpha value is -2.22. The van der Waals surface area contributed by atoms with E-state index in [1.165, 1.54) is 30.1 Å². The van der Waals surface area contributed by atoms with E-state index in [9.17, 15) is 24.3 Å². The lowest BCUT2D eigenvalue weighted by Gasteiger charge is -2.39. The number of carbonyl (C=O) groups excluding carboxylic acids is 3. The number of carboxylic acids is 1. The molecule has 2 amide bonds. The predicted molar refractivity (Wildman–Crippen MR) is 95.3 cm³/mol. The van der Waals surface area contributed by atoms with Crippen LogP contribution in [-0.4, -0.2) is 64.1 Å². The smallest absolute Gasteiger partial charge is 0.326 e. The number of piperidine rings is 1. The number of Topliss-reactive ketones (excluding diaryl/α,β-unsaturated/α-hetero) is 1. The molecule has 2 fully saturated rings. The van der Waals surface area contributed by atoms with E-state index < -0.39 is 12.0 Å². The summed E-state index contributed by atoms with van der Waals surface area (Å²) in [6.07, 6.45) is 1.80. The van der Waals surface area contributed by atoms with E-state index in [1.54, 1.807) is 17.0 Å². The maximum atomic E-state index is 12.7. The van der Waals surface area contributed by atoms with Crippen LogP contribution in [-0.2, 0) is 9.59 Å². The third-order valence-electron chi connectivity index (χ3n) is 5.47. The third-order valence-corrected chi connectivity index (χ3v) is 6.65. The molecule has 2 saturated heterocycles.